The van der Waals surface area contributed by atoms with Crippen molar-refractivity contribution in [2.75, 3.05) is 12.4 Å². The topological polar surface area (TPSA) is 47.6 Å². The third-order valence-electron chi connectivity index (χ3n) is 3.21. The number of ether oxygens (including phenoxy) is 2. The van der Waals surface area contributed by atoms with E-state index in [1.807, 2.05) is 32.0 Å². The number of nitrogens with one attached hydrogen (secondary N) is 1. The Hall–Kier alpha value is -2.56. The van der Waals surface area contributed by atoms with Crippen LogP contribution in [0.3, 0.4) is 0 Å². The maximum atomic E-state index is 13.3. The average molecular weight is 303 g/mol. The molecule has 0 radical (unpaired) electrons. The second-order valence-electron chi connectivity index (χ2n) is 4.98. The summed E-state index contributed by atoms with van der Waals surface area (Å²) < 4.78 is 23.6. The van der Waals surface area contributed by atoms with Gasteiger partial charge in [-0.3, -0.25) is 5.32 Å². The molecular formula is C17H18FNO3. The first-order chi connectivity index (χ1) is 10.5. The fourth-order valence-electron chi connectivity index (χ4n) is 2.07. The normalized spacial score (nSPS) is 10.2. The van der Waals surface area contributed by atoms with Gasteiger partial charge in [-0.2, -0.15) is 0 Å². The number of amides is 1. The summed E-state index contributed by atoms with van der Waals surface area (Å²) in [7, 11) is 1.25. The van der Waals surface area contributed by atoms with Crippen LogP contribution in [0.15, 0.2) is 36.4 Å². The second-order valence-corrected chi connectivity index (χ2v) is 4.98. The number of halogens is 1. The predicted octanol–water partition coefficient (Wildman–Crippen LogP) is 4.20. The second kappa shape index (κ2) is 6.93. The van der Waals surface area contributed by atoms with Crippen LogP contribution in [-0.2, 0) is 11.3 Å². The van der Waals surface area contributed by atoms with Gasteiger partial charge in [0.05, 0.1) is 12.8 Å². The zero-order chi connectivity index (χ0) is 16.1. The first-order valence-corrected chi connectivity index (χ1v) is 6.83. The average Bonchev–Trinajstić information content (AvgIpc) is 2.48. The van der Waals surface area contributed by atoms with E-state index in [1.54, 1.807) is 6.07 Å². The molecule has 5 heteroatoms. The Morgan fingerprint density at radius 3 is 2.64 bits per heavy atom. The molecule has 0 heterocycles. The van der Waals surface area contributed by atoms with Gasteiger partial charge < -0.3 is 9.47 Å². The van der Waals surface area contributed by atoms with Gasteiger partial charge in [-0.15, -0.1) is 0 Å². The minimum Gasteiger partial charge on any atom is -0.489 e. The number of rotatable bonds is 4. The van der Waals surface area contributed by atoms with E-state index in [0.717, 1.165) is 16.9 Å². The van der Waals surface area contributed by atoms with Gasteiger partial charge in [0.1, 0.15) is 18.2 Å². The molecule has 1 amide bonds. The zero-order valence-electron chi connectivity index (χ0n) is 12.8. The van der Waals surface area contributed by atoms with E-state index in [0.29, 0.717) is 11.3 Å². The first kappa shape index (κ1) is 15.8. The van der Waals surface area contributed by atoms with Crippen LogP contribution < -0.4 is 10.1 Å². The Balaban J connectivity index is 2.16. The third-order valence-corrected chi connectivity index (χ3v) is 3.21. The first-order valence-electron chi connectivity index (χ1n) is 6.83. The van der Waals surface area contributed by atoms with Crippen molar-refractivity contribution in [3.8, 4) is 5.75 Å². The third kappa shape index (κ3) is 3.97. The predicted molar refractivity (Wildman–Crippen MR) is 82.7 cm³/mol. The monoisotopic (exact) mass is 303 g/mol. The van der Waals surface area contributed by atoms with E-state index in [4.69, 9.17) is 4.74 Å². The summed E-state index contributed by atoms with van der Waals surface area (Å²) in [6.07, 6.45) is -0.654. The summed E-state index contributed by atoms with van der Waals surface area (Å²) in [6.45, 7) is 4.18. The summed E-state index contributed by atoms with van der Waals surface area (Å²) >= 11 is 0. The minimum atomic E-state index is -0.654. The molecule has 0 spiro atoms. The van der Waals surface area contributed by atoms with Crippen molar-refractivity contribution >= 4 is 11.8 Å². The zero-order valence-corrected chi connectivity index (χ0v) is 12.8. The maximum absolute atomic E-state index is 13.3. The van der Waals surface area contributed by atoms with Crippen LogP contribution in [0.2, 0.25) is 0 Å². The Morgan fingerprint density at radius 1 is 1.18 bits per heavy atom. The van der Waals surface area contributed by atoms with Gasteiger partial charge in [-0.05, 0) is 37.6 Å². The van der Waals surface area contributed by atoms with Crippen molar-refractivity contribution in [1.82, 2.24) is 0 Å². The van der Waals surface area contributed by atoms with Crippen LogP contribution in [0.1, 0.15) is 16.7 Å². The van der Waals surface area contributed by atoms with Crippen molar-refractivity contribution in [3.05, 3.63) is 58.9 Å². The van der Waals surface area contributed by atoms with Gasteiger partial charge in [0.25, 0.3) is 0 Å². The van der Waals surface area contributed by atoms with E-state index in [-0.39, 0.29) is 6.61 Å². The van der Waals surface area contributed by atoms with Crippen LogP contribution >= 0.6 is 0 Å². The van der Waals surface area contributed by atoms with Crippen molar-refractivity contribution < 1.29 is 18.7 Å². The van der Waals surface area contributed by atoms with Gasteiger partial charge in [0.15, 0.2) is 0 Å². The SMILES string of the molecule is COC(=O)Nc1cc(F)ccc1COc1ccc(C)cc1C. The molecule has 0 fully saturated rings. The van der Waals surface area contributed by atoms with Gasteiger partial charge in [0, 0.05) is 5.56 Å². The molecule has 0 saturated heterocycles. The van der Waals surface area contributed by atoms with Crippen molar-refractivity contribution in [2.45, 2.75) is 20.5 Å². The number of carbonyl (C=O) groups excluding carboxylic acids is 1. The van der Waals surface area contributed by atoms with E-state index < -0.39 is 11.9 Å². The van der Waals surface area contributed by atoms with E-state index in [2.05, 4.69) is 10.1 Å². The summed E-state index contributed by atoms with van der Waals surface area (Å²) in [5.74, 6) is 0.306. The lowest BCUT2D eigenvalue weighted by Crippen LogP contribution is -2.13. The molecule has 1 N–H and O–H groups in total. The molecule has 22 heavy (non-hydrogen) atoms. The molecule has 2 aromatic rings. The number of carbonyl (C=O) groups is 1. The molecule has 0 aliphatic rings. The van der Waals surface area contributed by atoms with Crippen molar-refractivity contribution in [2.24, 2.45) is 0 Å². The quantitative estimate of drug-likeness (QED) is 0.921. The molecule has 2 aromatic carbocycles. The summed E-state index contributed by atoms with van der Waals surface area (Å²) in [5.41, 5.74) is 3.16. The molecule has 0 atom stereocenters. The van der Waals surface area contributed by atoms with Gasteiger partial charge in [-0.1, -0.05) is 23.8 Å². The highest BCUT2D eigenvalue weighted by Crippen LogP contribution is 2.23. The van der Waals surface area contributed by atoms with Crippen LogP contribution in [0.4, 0.5) is 14.9 Å². The molecular weight excluding hydrogens is 285 g/mol. The van der Waals surface area contributed by atoms with Crippen LogP contribution in [0, 0.1) is 19.7 Å². The van der Waals surface area contributed by atoms with E-state index >= 15 is 0 Å². The van der Waals surface area contributed by atoms with Gasteiger partial charge in [0.2, 0.25) is 0 Å². The lowest BCUT2D eigenvalue weighted by atomic mass is 10.1. The molecule has 0 aliphatic carbocycles. The fourth-order valence-corrected chi connectivity index (χ4v) is 2.07. The number of hydrogen-bond acceptors (Lipinski definition) is 3. The van der Waals surface area contributed by atoms with E-state index in [9.17, 15) is 9.18 Å². The van der Waals surface area contributed by atoms with Crippen LogP contribution in [0.25, 0.3) is 0 Å². The number of aryl methyl sites for hydroxylation is 2. The summed E-state index contributed by atoms with van der Waals surface area (Å²) in [6, 6.07) is 10.0. The Kier molecular flexibility index (Phi) is 4.99. The Morgan fingerprint density at radius 2 is 1.95 bits per heavy atom. The number of benzene rings is 2. The van der Waals surface area contributed by atoms with Crippen LogP contribution in [-0.4, -0.2) is 13.2 Å². The molecule has 0 bridgehead atoms. The van der Waals surface area contributed by atoms with Gasteiger partial charge >= 0.3 is 6.09 Å². The Bertz CT molecular complexity index is 686. The standard InChI is InChI=1S/C17H18FNO3/c1-11-4-7-16(12(2)8-11)22-10-13-5-6-14(18)9-15(13)19-17(20)21-3/h4-9H,10H2,1-3H3,(H,19,20). The molecule has 0 unspecified atom stereocenters. The van der Waals surface area contributed by atoms with Gasteiger partial charge in [-0.25, -0.2) is 9.18 Å². The van der Waals surface area contributed by atoms with Crippen molar-refractivity contribution in [3.63, 3.8) is 0 Å². The van der Waals surface area contributed by atoms with Crippen molar-refractivity contribution in [1.29, 1.82) is 0 Å². The molecule has 2 rings (SSSR count). The lowest BCUT2D eigenvalue weighted by molar-refractivity contribution is 0.187. The number of methoxy groups -OCH3 is 1. The highest BCUT2D eigenvalue weighted by atomic mass is 19.1. The number of hydrogen-bond donors (Lipinski definition) is 1. The largest absolute Gasteiger partial charge is 0.489 e. The smallest absolute Gasteiger partial charge is 0.411 e. The lowest BCUT2D eigenvalue weighted by Gasteiger charge is -2.13. The highest BCUT2D eigenvalue weighted by Gasteiger charge is 2.09. The summed E-state index contributed by atoms with van der Waals surface area (Å²) in [5, 5.41) is 2.48. The maximum Gasteiger partial charge on any atom is 0.411 e. The molecule has 0 aliphatic heterocycles. The molecule has 0 saturated carbocycles. The minimum absolute atomic E-state index is 0.212. The van der Waals surface area contributed by atoms with E-state index in [1.165, 1.54) is 19.2 Å². The molecule has 0 aromatic heterocycles. The Labute approximate surface area is 128 Å². The highest BCUT2D eigenvalue weighted by molar-refractivity contribution is 5.85. The summed E-state index contributed by atoms with van der Waals surface area (Å²) in [4.78, 5) is 11.3. The van der Waals surface area contributed by atoms with Crippen LogP contribution in [0.5, 0.6) is 5.75 Å². The fraction of sp³-hybridized carbons (Fsp3) is 0.235. The number of anilines is 1. The molecule has 4 nitrogen and oxygen atoms in total. The molecule has 116 valence electrons.